The van der Waals surface area contributed by atoms with Crippen LogP contribution in [-0.2, 0) is 15.1 Å². The Labute approximate surface area is 212 Å². The summed E-state index contributed by atoms with van der Waals surface area (Å²) in [5.74, 6) is 0.0745. The second-order valence-corrected chi connectivity index (χ2v) is 9.09. The first-order valence-corrected chi connectivity index (χ1v) is 13.5. The van der Waals surface area contributed by atoms with Crippen LogP contribution in [0, 0.1) is 0 Å². The zero-order valence-corrected chi connectivity index (χ0v) is 22.0. The number of unbranched alkanes of at least 4 members (excludes halogenated alkanes) is 7. The van der Waals surface area contributed by atoms with Crippen molar-refractivity contribution in [1.82, 2.24) is 4.90 Å². The summed E-state index contributed by atoms with van der Waals surface area (Å²) < 4.78 is 11.4. The molecule has 0 bridgehead atoms. The summed E-state index contributed by atoms with van der Waals surface area (Å²) in [6, 6.07) is 16.1. The molecule has 0 amide bonds. The molecule has 5 heteroatoms. The van der Waals surface area contributed by atoms with Crippen LogP contribution in [0.2, 0.25) is 0 Å². The van der Waals surface area contributed by atoms with Crippen molar-refractivity contribution < 1.29 is 19.4 Å². The maximum absolute atomic E-state index is 13.1. The molecule has 0 fully saturated rings. The Balaban J connectivity index is 1.95. The van der Waals surface area contributed by atoms with E-state index in [0.29, 0.717) is 24.3 Å². The molecule has 0 spiro atoms. The van der Waals surface area contributed by atoms with Crippen LogP contribution in [0.5, 0.6) is 5.75 Å². The number of nitrogens with zero attached hydrogens (tertiary/aromatic N) is 1. The lowest BCUT2D eigenvalue weighted by Crippen LogP contribution is -2.40. The van der Waals surface area contributed by atoms with Gasteiger partial charge in [-0.2, -0.15) is 0 Å². The molecule has 1 N–H and O–H groups in total. The fraction of sp³-hybridized carbons (Fsp3) is 0.567. The van der Waals surface area contributed by atoms with Crippen LogP contribution in [0.4, 0.5) is 0 Å². The number of ether oxygens (including phenoxy) is 2. The molecule has 2 aromatic carbocycles. The molecule has 2 rings (SSSR count). The third-order valence-electron chi connectivity index (χ3n) is 6.56. The Morgan fingerprint density at radius 3 is 1.94 bits per heavy atom. The van der Waals surface area contributed by atoms with E-state index >= 15 is 0 Å². The van der Waals surface area contributed by atoms with Crippen molar-refractivity contribution in [1.29, 1.82) is 0 Å². The number of esters is 1. The fourth-order valence-corrected chi connectivity index (χ4v) is 4.21. The van der Waals surface area contributed by atoms with Gasteiger partial charge in [0.15, 0.2) is 0 Å². The molecule has 1 unspecified atom stereocenters. The van der Waals surface area contributed by atoms with E-state index in [1.165, 1.54) is 44.9 Å². The molecule has 35 heavy (non-hydrogen) atoms. The maximum atomic E-state index is 13.1. The average molecular weight is 484 g/mol. The van der Waals surface area contributed by atoms with Crippen LogP contribution in [0.15, 0.2) is 54.6 Å². The highest BCUT2D eigenvalue weighted by Gasteiger charge is 2.41. The minimum absolute atomic E-state index is 0.232. The molecule has 5 nitrogen and oxygen atoms in total. The molecule has 0 saturated heterocycles. The van der Waals surface area contributed by atoms with Gasteiger partial charge in [-0.15, -0.1) is 0 Å². The molecule has 0 heterocycles. The summed E-state index contributed by atoms with van der Waals surface area (Å²) in [6.07, 6.45) is 10.1. The summed E-state index contributed by atoms with van der Waals surface area (Å²) >= 11 is 0. The fourth-order valence-electron chi connectivity index (χ4n) is 4.21. The first-order chi connectivity index (χ1) is 17.1. The standard InChI is InChI=1S/C30H45NO4/c1-4-7-8-9-10-11-12-16-24-34-28-21-19-27(20-22-28)30(33,26-17-14-13-15-18-26)29(32)35-25-23-31(5-2)6-3/h13-15,17-22,33H,4-12,16,23-25H2,1-3H3. The Morgan fingerprint density at radius 2 is 1.34 bits per heavy atom. The van der Waals surface area contributed by atoms with E-state index in [-0.39, 0.29) is 6.61 Å². The molecule has 0 saturated carbocycles. The van der Waals surface area contributed by atoms with E-state index in [1.54, 1.807) is 24.3 Å². The molecule has 1 atom stereocenters. The van der Waals surface area contributed by atoms with Crippen LogP contribution in [0.3, 0.4) is 0 Å². The van der Waals surface area contributed by atoms with Crippen molar-refractivity contribution in [2.24, 2.45) is 0 Å². The number of aliphatic hydroxyl groups is 1. The predicted molar refractivity (Wildman–Crippen MR) is 143 cm³/mol. The smallest absolute Gasteiger partial charge is 0.347 e. The molecule has 0 aliphatic heterocycles. The summed E-state index contributed by atoms with van der Waals surface area (Å²) in [7, 11) is 0. The number of likely N-dealkylation sites (N-methyl/N-ethyl adjacent to an activating group) is 1. The van der Waals surface area contributed by atoms with Crippen LogP contribution >= 0.6 is 0 Å². The number of hydrogen-bond donors (Lipinski definition) is 1. The van der Waals surface area contributed by atoms with E-state index in [2.05, 4.69) is 25.7 Å². The minimum atomic E-state index is -1.87. The monoisotopic (exact) mass is 483 g/mol. The van der Waals surface area contributed by atoms with Gasteiger partial charge in [0.2, 0.25) is 5.60 Å². The number of rotatable bonds is 18. The van der Waals surface area contributed by atoms with E-state index in [9.17, 15) is 9.90 Å². The van der Waals surface area contributed by atoms with E-state index in [1.807, 2.05) is 30.3 Å². The van der Waals surface area contributed by atoms with Crippen LogP contribution < -0.4 is 4.74 Å². The summed E-state index contributed by atoms with van der Waals surface area (Å²) in [5.41, 5.74) is -0.919. The van der Waals surface area contributed by atoms with Crippen LogP contribution in [-0.4, -0.2) is 48.8 Å². The zero-order valence-electron chi connectivity index (χ0n) is 22.0. The van der Waals surface area contributed by atoms with E-state index < -0.39 is 11.6 Å². The van der Waals surface area contributed by atoms with Crippen molar-refractivity contribution in [2.75, 3.05) is 32.8 Å². The third kappa shape index (κ3) is 9.30. The minimum Gasteiger partial charge on any atom is -0.494 e. The SMILES string of the molecule is CCCCCCCCCCOc1ccc(C(O)(C(=O)OCCN(CC)CC)c2ccccc2)cc1. The molecule has 0 aliphatic rings. The molecule has 0 aliphatic carbocycles. The average Bonchev–Trinajstić information content (AvgIpc) is 2.90. The van der Waals surface area contributed by atoms with Crippen molar-refractivity contribution in [3.8, 4) is 5.75 Å². The van der Waals surface area contributed by atoms with Gasteiger partial charge >= 0.3 is 5.97 Å². The van der Waals surface area contributed by atoms with E-state index in [0.717, 1.165) is 25.3 Å². The molecule has 2 aromatic rings. The first kappa shape index (κ1) is 28.9. The van der Waals surface area contributed by atoms with Gasteiger partial charge in [-0.05, 0) is 42.8 Å². The Morgan fingerprint density at radius 1 is 0.771 bits per heavy atom. The maximum Gasteiger partial charge on any atom is 0.347 e. The molecule has 0 aromatic heterocycles. The number of carbonyl (C=O) groups is 1. The van der Waals surface area contributed by atoms with Crippen molar-refractivity contribution in [2.45, 2.75) is 77.7 Å². The largest absolute Gasteiger partial charge is 0.494 e. The van der Waals surface area contributed by atoms with Crippen molar-refractivity contribution >= 4 is 5.97 Å². The highest BCUT2D eigenvalue weighted by molar-refractivity contribution is 5.85. The molecular weight excluding hydrogens is 438 g/mol. The Hall–Kier alpha value is -2.37. The van der Waals surface area contributed by atoms with Crippen LogP contribution in [0.25, 0.3) is 0 Å². The second kappa shape index (κ2) is 16.3. The number of hydrogen-bond acceptors (Lipinski definition) is 5. The molecule has 0 radical (unpaired) electrons. The van der Waals surface area contributed by atoms with Gasteiger partial charge in [0.05, 0.1) is 6.61 Å². The lowest BCUT2D eigenvalue weighted by Gasteiger charge is -2.28. The topological polar surface area (TPSA) is 59.0 Å². The molecular formula is C30H45NO4. The lowest BCUT2D eigenvalue weighted by atomic mass is 9.86. The van der Waals surface area contributed by atoms with Gasteiger partial charge in [-0.1, -0.05) is 108 Å². The summed E-state index contributed by atoms with van der Waals surface area (Å²) in [4.78, 5) is 15.3. The highest BCUT2D eigenvalue weighted by atomic mass is 16.5. The predicted octanol–water partition coefficient (Wildman–Crippen LogP) is 6.33. The van der Waals surface area contributed by atoms with Gasteiger partial charge in [0.25, 0.3) is 0 Å². The zero-order chi connectivity index (χ0) is 25.4. The van der Waals surface area contributed by atoms with Crippen molar-refractivity contribution in [3.63, 3.8) is 0 Å². The Kier molecular flexibility index (Phi) is 13.5. The van der Waals surface area contributed by atoms with Gasteiger partial charge in [0.1, 0.15) is 12.4 Å². The summed E-state index contributed by atoms with van der Waals surface area (Å²) in [6.45, 7) is 9.70. The second-order valence-electron chi connectivity index (χ2n) is 9.09. The third-order valence-corrected chi connectivity index (χ3v) is 6.56. The highest BCUT2D eigenvalue weighted by Crippen LogP contribution is 2.32. The van der Waals surface area contributed by atoms with Gasteiger partial charge < -0.3 is 19.5 Å². The van der Waals surface area contributed by atoms with Gasteiger partial charge in [-0.3, -0.25) is 0 Å². The molecule has 194 valence electrons. The van der Waals surface area contributed by atoms with Crippen LogP contribution in [0.1, 0.15) is 83.3 Å². The quantitative estimate of drug-likeness (QED) is 0.198. The first-order valence-electron chi connectivity index (χ1n) is 13.5. The normalized spacial score (nSPS) is 12.9. The van der Waals surface area contributed by atoms with Gasteiger partial charge in [0, 0.05) is 6.54 Å². The van der Waals surface area contributed by atoms with E-state index in [4.69, 9.17) is 9.47 Å². The van der Waals surface area contributed by atoms with Crippen molar-refractivity contribution in [3.05, 3.63) is 65.7 Å². The lowest BCUT2D eigenvalue weighted by molar-refractivity contribution is -0.162. The Bertz CT molecular complexity index is 820. The summed E-state index contributed by atoms with van der Waals surface area (Å²) in [5, 5.41) is 11.6. The number of benzene rings is 2. The number of carbonyl (C=O) groups excluding carboxylic acids is 1. The van der Waals surface area contributed by atoms with Gasteiger partial charge in [-0.25, -0.2) is 4.79 Å².